The fraction of sp³-hybridized carbons (Fsp3) is 0. The molecule has 4 rings (SSSR count). The van der Waals surface area contributed by atoms with E-state index < -0.39 is 10.0 Å². The van der Waals surface area contributed by atoms with E-state index in [1.807, 2.05) is 18.2 Å². The first-order valence-corrected chi connectivity index (χ1v) is 10.4. The number of rotatable bonds is 5. The van der Waals surface area contributed by atoms with Gasteiger partial charge in [-0.15, -0.1) is 16.4 Å². The fourth-order valence-electron chi connectivity index (χ4n) is 2.49. The van der Waals surface area contributed by atoms with Crippen molar-refractivity contribution in [3.8, 4) is 21.8 Å². The van der Waals surface area contributed by atoms with E-state index in [1.54, 1.807) is 42.5 Å². The molecule has 0 fully saturated rings. The third kappa shape index (κ3) is 3.70. The largest absolute Gasteiger partial charge is 0.279 e. The van der Waals surface area contributed by atoms with Crippen LogP contribution in [-0.4, -0.2) is 29.0 Å². The van der Waals surface area contributed by atoms with Gasteiger partial charge in [-0.3, -0.25) is 4.72 Å². The summed E-state index contributed by atoms with van der Waals surface area (Å²) in [6.07, 6.45) is 0. The van der Waals surface area contributed by atoms with Gasteiger partial charge in [-0.2, -0.15) is 0 Å². The second kappa shape index (κ2) is 7.10. The molecule has 10 heteroatoms. The van der Waals surface area contributed by atoms with Crippen molar-refractivity contribution in [2.24, 2.45) is 0 Å². The number of tetrazole rings is 1. The lowest BCUT2D eigenvalue weighted by atomic mass is 10.2. The molecule has 0 radical (unpaired) electrons. The Kier molecular flexibility index (Phi) is 4.65. The van der Waals surface area contributed by atoms with Crippen LogP contribution in [0.15, 0.2) is 64.9 Å². The molecule has 0 aliphatic heterocycles. The average molecular weight is 418 g/mol. The predicted molar refractivity (Wildman–Crippen MR) is 105 cm³/mol. The quantitative estimate of drug-likeness (QED) is 0.510. The van der Waals surface area contributed by atoms with E-state index in [1.165, 1.54) is 0 Å². The highest BCUT2D eigenvalue weighted by atomic mass is 35.5. The number of hydrogen-bond acceptors (Lipinski definition) is 6. The monoisotopic (exact) mass is 417 g/mol. The van der Waals surface area contributed by atoms with Crippen LogP contribution < -0.4 is 4.72 Å². The Morgan fingerprint density at radius 3 is 2.67 bits per heavy atom. The number of hydrogen-bond donors (Lipinski definition) is 2. The topological polar surface area (TPSA) is 101 Å². The summed E-state index contributed by atoms with van der Waals surface area (Å²) in [4.78, 5) is 0.780. The van der Waals surface area contributed by atoms with E-state index in [4.69, 9.17) is 11.6 Å². The van der Waals surface area contributed by atoms with Crippen LogP contribution in [0.5, 0.6) is 0 Å². The maximum atomic E-state index is 12.7. The number of H-pyrrole nitrogens is 1. The summed E-state index contributed by atoms with van der Waals surface area (Å²) >= 11 is 7.36. The minimum absolute atomic E-state index is 0.198. The smallest absolute Gasteiger partial charge is 0.271 e. The molecule has 0 aliphatic rings. The van der Waals surface area contributed by atoms with E-state index in [9.17, 15) is 8.42 Å². The van der Waals surface area contributed by atoms with Gasteiger partial charge in [0, 0.05) is 26.7 Å². The summed E-state index contributed by atoms with van der Waals surface area (Å²) in [5.41, 5.74) is 1.88. The molecule has 2 aromatic carbocycles. The highest BCUT2D eigenvalue weighted by Crippen LogP contribution is 2.35. The third-order valence-corrected chi connectivity index (χ3v) is 7.04. The number of halogens is 1. The standard InChI is InChI=1S/C17H12ClN5O2S2/c18-14-7-2-1-6-13(14)15-8-9-16(26-15)27(24,25)21-12-5-3-4-11(10-12)17-19-22-23-20-17/h1-10,21H,(H,19,20,22,23). The lowest BCUT2D eigenvalue weighted by Crippen LogP contribution is -2.11. The SMILES string of the molecule is O=S(=O)(Nc1cccc(-c2nnn[nH]2)c1)c1ccc(-c2ccccc2Cl)s1. The molecule has 136 valence electrons. The Morgan fingerprint density at radius 1 is 1.04 bits per heavy atom. The molecule has 0 bridgehead atoms. The Morgan fingerprint density at radius 2 is 1.89 bits per heavy atom. The van der Waals surface area contributed by atoms with Crippen LogP contribution in [0, 0.1) is 0 Å². The molecule has 0 saturated heterocycles. The second-order valence-electron chi connectivity index (χ2n) is 5.53. The Hall–Kier alpha value is -2.75. The third-order valence-electron chi connectivity index (χ3n) is 3.72. The zero-order valence-electron chi connectivity index (χ0n) is 13.6. The van der Waals surface area contributed by atoms with Crippen LogP contribution in [0.4, 0.5) is 5.69 Å². The number of sulfonamides is 1. The van der Waals surface area contributed by atoms with Gasteiger partial charge in [-0.05, 0) is 40.8 Å². The molecule has 7 nitrogen and oxygen atoms in total. The molecular formula is C17H12ClN5O2S2. The van der Waals surface area contributed by atoms with Gasteiger partial charge in [-0.25, -0.2) is 13.5 Å². The minimum atomic E-state index is -3.74. The van der Waals surface area contributed by atoms with Crippen molar-refractivity contribution in [3.05, 3.63) is 65.7 Å². The average Bonchev–Trinajstić information content (AvgIpc) is 3.34. The molecular weight excluding hydrogens is 406 g/mol. The van der Waals surface area contributed by atoms with Crippen molar-refractivity contribution >= 4 is 38.6 Å². The molecule has 0 atom stereocenters. The van der Waals surface area contributed by atoms with Gasteiger partial charge in [0.25, 0.3) is 10.0 Å². The number of thiophene rings is 1. The van der Waals surface area contributed by atoms with Gasteiger partial charge in [0.15, 0.2) is 5.82 Å². The Bertz CT molecular complexity index is 1190. The van der Waals surface area contributed by atoms with Crippen molar-refractivity contribution in [2.75, 3.05) is 4.72 Å². The summed E-state index contributed by atoms with van der Waals surface area (Å²) < 4.78 is 28.3. The summed E-state index contributed by atoms with van der Waals surface area (Å²) in [5, 5.41) is 14.1. The molecule has 2 heterocycles. The lowest BCUT2D eigenvalue weighted by Gasteiger charge is -2.07. The van der Waals surface area contributed by atoms with Crippen molar-refractivity contribution in [1.82, 2.24) is 20.6 Å². The van der Waals surface area contributed by atoms with Crippen LogP contribution in [0.2, 0.25) is 5.02 Å². The fourth-order valence-corrected chi connectivity index (χ4v) is 5.18. The van der Waals surface area contributed by atoms with Crippen molar-refractivity contribution in [1.29, 1.82) is 0 Å². The summed E-state index contributed by atoms with van der Waals surface area (Å²) in [6.45, 7) is 0. The van der Waals surface area contributed by atoms with E-state index in [2.05, 4.69) is 25.3 Å². The first kappa shape index (κ1) is 17.7. The Balaban J connectivity index is 1.62. The zero-order valence-corrected chi connectivity index (χ0v) is 16.0. The first-order valence-electron chi connectivity index (χ1n) is 7.75. The first-order chi connectivity index (χ1) is 13.0. The molecule has 27 heavy (non-hydrogen) atoms. The number of nitrogens with zero attached hydrogens (tertiary/aromatic N) is 3. The molecule has 4 aromatic rings. The highest BCUT2D eigenvalue weighted by Gasteiger charge is 2.18. The molecule has 0 amide bonds. The van der Waals surface area contributed by atoms with Crippen LogP contribution in [0.1, 0.15) is 0 Å². The van der Waals surface area contributed by atoms with Gasteiger partial charge in [0.2, 0.25) is 0 Å². The summed E-state index contributed by atoms with van der Waals surface area (Å²) in [5.74, 6) is 0.452. The minimum Gasteiger partial charge on any atom is -0.279 e. The van der Waals surface area contributed by atoms with E-state index in [0.29, 0.717) is 22.1 Å². The molecule has 0 saturated carbocycles. The number of benzene rings is 2. The van der Waals surface area contributed by atoms with Crippen LogP contribution in [0.25, 0.3) is 21.8 Å². The molecule has 2 aromatic heterocycles. The van der Waals surface area contributed by atoms with Gasteiger partial charge in [-0.1, -0.05) is 41.9 Å². The van der Waals surface area contributed by atoms with Crippen LogP contribution in [0.3, 0.4) is 0 Å². The highest BCUT2D eigenvalue weighted by molar-refractivity contribution is 7.94. The normalized spacial score (nSPS) is 11.4. The van der Waals surface area contributed by atoms with Crippen molar-refractivity contribution in [2.45, 2.75) is 4.21 Å². The lowest BCUT2D eigenvalue weighted by molar-refractivity contribution is 0.603. The van der Waals surface area contributed by atoms with Gasteiger partial charge in [0.05, 0.1) is 0 Å². The summed E-state index contributed by atoms with van der Waals surface area (Å²) in [6, 6.07) is 17.4. The number of nitrogens with one attached hydrogen (secondary N) is 2. The van der Waals surface area contributed by atoms with E-state index >= 15 is 0 Å². The van der Waals surface area contributed by atoms with Crippen LogP contribution >= 0.6 is 22.9 Å². The maximum Gasteiger partial charge on any atom is 0.271 e. The van der Waals surface area contributed by atoms with Crippen molar-refractivity contribution < 1.29 is 8.42 Å². The Labute approximate surface area is 164 Å². The van der Waals surface area contributed by atoms with Gasteiger partial charge < -0.3 is 0 Å². The van der Waals surface area contributed by atoms with E-state index in [-0.39, 0.29) is 4.21 Å². The molecule has 0 unspecified atom stereocenters. The molecule has 0 spiro atoms. The number of aromatic nitrogens is 4. The van der Waals surface area contributed by atoms with Crippen LogP contribution in [-0.2, 0) is 10.0 Å². The number of aromatic amines is 1. The van der Waals surface area contributed by atoms with Crippen molar-refractivity contribution in [3.63, 3.8) is 0 Å². The van der Waals surface area contributed by atoms with Gasteiger partial charge >= 0.3 is 0 Å². The summed E-state index contributed by atoms with van der Waals surface area (Å²) in [7, 11) is -3.74. The molecule has 0 aliphatic carbocycles. The van der Waals surface area contributed by atoms with E-state index in [0.717, 1.165) is 21.8 Å². The zero-order chi connectivity index (χ0) is 18.9. The maximum absolute atomic E-state index is 12.7. The van der Waals surface area contributed by atoms with Gasteiger partial charge in [0.1, 0.15) is 4.21 Å². The molecule has 2 N–H and O–H groups in total. The predicted octanol–water partition coefficient (Wildman–Crippen LogP) is 4.05. The second-order valence-corrected chi connectivity index (χ2v) is 8.93. The number of anilines is 1.